The topological polar surface area (TPSA) is 90.3 Å². The minimum absolute atomic E-state index is 0.276. The molecule has 1 amide bonds. The van der Waals surface area contributed by atoms with Gasteiger partial charge >= 0.3 is 0 Å². The zero-order chi connectivity index (χ0) is 22.2. The van der Waals surface area contributed by atoms with Crippen LogP contribution in [0.25, 0.3) is 0 Å². The maximum atomic E-state index is 13.5. The molecular weight excluding hydrogens is 430 g/mol. The molecule has 9 heteroatoms. The highest BCUT2D eigenvalue weighted by Crippen LogP contribution is 2.40. The van der Waals surface area contributed by atoms with Gasteiger partial charge in [0.25, 0.3) is 5.91 Å². The molecule has 0 fully saturated rings. The standard InChI is InChI=1S/C23H22ClN5O3/c1-3-19-27-23-25-13(2)20(22(30)26-16-7-5-4-6-15(16)24)21(29(23)28-19)14-8-9-17-18(12-14)32-11-10-31-17/h4-9,12,21H,3,10-11H2,1-2H3,(H,26,30)(H,25,27,28). The van der Waals surface area contributed by atoms with Crippen LogP contribution < -0.4 is 20.1 Å². The van der Waals surface area contributed by atoms with E-state index in [1.807, 2.05) is 44.2 Å². The van der Waals surface area contributed by atoms with Crippen molar-refractivity contribution in [2.24, 2.45) is 0 Å². The van der Waals surface area contributed by atoms with Gasteiger partial charge in [0.05, 0.1) is 16.3 Å². The molecule has 2 aliphatic heterocycles. The van der Waals surface area contributed by atoms with Crippen LogP contribution in [-0.4, -0.2) is 33.9 Å². The van der Waals surface area contributed by atoms with E-state index in [9.17, 15) is 4.79 Å². The van der Waals surface area contributed by atoms with Gasteiger partial charge in [0.15, 0.2) is 17.3 Å². The van der Waals surface area contributed by atoms with Crippen molar-refractivity contribution in [3.8, 4) is 11.5 Å². The highest BCUT2D eigenvalue weighted by Gasteiger charge is 2.35. The van der Waals surface area contributed by atoms with Gasteiger partial charge in [0.1, 0.15) is 19.3 Å². The van der Waals surface area contributed by atoms with Gasteiger partial charge in [-0.2, -0.15) is 10.1 Å². The van der Waals surface area contributed by atoms with E-state index < -0.39 is 6.04 Å². The molecule has 32 heavy (non-hydrogen) atoms. The summed E-state index contributed by atoms with van der Waals surface area (Å²) in [7, 11) is 0. The Hall–Kier alpha value is -3.52. The number of carbonyl (C=O) groups is 1. The van der Waals surface area contributed by atoms with E-state index in [4.69, 9.17) is 21.1 Å². The molecule has 3 heterocycles. The lowest BCUT2D eigenvalue weighted by atomic mass is 9.94. The minimum Gasteiger partial charge on any atom is -0.486 e. The number of rotatable bonds is 4. The Morgan fingerprint density at radius 2 is 2.00 bits per heavy atom. The minimum atomic E-state index is -0.502. The number of nitrogens with zero attached hydrogens (tertiary/aromatic N) is 3. The Labute approximate surface area is 190 Å². The van der Waals surface area contributed by atoms with Crippen molar-refractivity contribution in [2.45, 2.75) is 26.3 Å². The molecule has 2 aliphatic rings. The molecule has 1 unspecified atom stereocenters. The number of para-hydroxylation sites is 1. The van der Waals surface area contributed by atoms with Gasteiger partial charge < -0.3 is 20.1 Å². The van der Waals surface area contributed by atoms with Crippen molar-refractivity contribution in [1.29, 1.82) is 0 Å². The molecule has 5 rings (SSSR count). The monoisotopic (exact) mass is 451 g/mol. The van der Waals surface area contributed by atoms with Gasteiger partial charge in [0, 0.05) is 12.1 Å². The molecule has 2 N–H and O–H groups in total. The van der Waals surface area contributed by atoms with Crippen LogP contribution >= 0.6 is 11.6 Å². The highest BCUT2D eigenvalue weighted by molar-refractivity contribution is 6.33. The summed E-state index contributed by atoms with van der Waals surface area (Å²) in [6.45, 7) is 4.84. The Balaban J connectivity index is 1.60. The second-order valence-electron chi connectivity index (χ2n) is 7.55. The molecule has 0 saturated heterocycles. The summed E-state index contributed by atoms with van der Waals surface area (Å²) in [6, 6.07) is 12.3. The van der Waals surface area contributed by atoms with E-state index >= 15 is 0 Å². The molecule has 8 nitrogen and oxygen atoms in total. The van der Waals surface area contributed by atoms with E-state index in [-0.39, 0.29) is 5.91 Å². The number of ether oxygens (including phenoxy) is 2. The van der Waals surface area contributed by atoms with Crippen molar-refractivity contribution in [3.05, 3.63) is 70.1 Å². The number of halogens is 1. The average Bonchev–Trinajstić information content (AvgIpc) is 3.22. The lowest BCUT2D eigenvalue weighted by molar-refractivity contribution is -0.113. The predicted molar refractivity (Wildman–Crippen MR) is 121 cm³/mol. The van der Waals surface area contributed by atoms with E-state index in [0.29, 0.717) is 64.9 Å². The Morgan fingerprint density at radius 3 is 2.78 bits per heavy atom. The van der Waals surface area contributed by atoms with Crippen LogP contribution in [0.15, 0.2) is 53.7 Å². The molecule has 0 bridgehead atoms. The SMILES string of the molecule is CCc1nc2n(n1)C(c1ccc3c(c1)OCCO3)C(C(=O)Nc1ccccc1Cl)=C(C)N2. The van der Waals surface area contributed by atoms with Crippen molar-refractivity contribution in [1.82, 2.24) is 14.8 Å². The van der Waals surface area contributed by atoms with Gasteiger partial charge in [-0.15, -0.1) is 0 Å². The number of hydrogen-bond donors (Lipinski definition) is 2. The molecular formula is C23H22ClN5O3. The van der Waals surface area contributed by atoms with Crippen LogP contribution in [-0.2, 0) is 11.2 Å². The number of benzene rings is 2. The quantitative estimate of drug-likeness (QED) is 0.618. The molecule has 2 aromatic carbocycles. The van der Waals surface area contributed by atoms with Crippen LogP contribution in [0.4, 0.5) is 11.6 Å². The first kappa shape index (κ1) is 20.4. The molecule has 0 spiro atoms. The first-order chi connectivity index (χ1) is 15.5. The second-order valence-corrected chi connectivity index (χ2v) is 7.96. The summed E-state index contributed by atoms with van der Waals surface area (Å²) in [5, 5.41) is 11.3. The maximum Gasteiger partial charge on any atom is 0.255 e. The smallest absolute Gasteiger partial charge is 0.255 e. The van der Waals surface area contributed by atoms with E-state index in [1.165, 1.54) is 0 Å². The Kier molecular flexibility index (Phi) is 5.22. The molecule has 0 aliphatic carbocycles. The lowest BCUT2D eigenvalue weighted by Gasteiger charge is -2.29. The maximum absolute atomic E-state index is 13.5. The summed E-state index contributed by atoms with van der Waals surface area (Å²) in [4.78, 5) is 18.1. The summed E-state index contributed by atoms with van der Waals surface area (Å²) in [6.07, 6.45) is 0.676. The van der Waals surface area contributed by atoms with Gasteiger partial charge in [-0.05, 0) is 36.8 Å². The summed E-state index contributed by atoms with van der Waals surface area (Å²) in [5.41, 5.74) is 2.59. The van der Waals surface area contributed by atoms with Crippen molar-refractivity contribution in [3.63, 3.8) is 0 Å². The van der Waals surface area contributed by atoms with Gasteiger partial charge in [-0.25, -0.2) is 4.68 Å². The zero-order valence-electron chi connectivity index (χ0n) is 17.7. The van der Waals surface area contributed by atoms with Crippen molar-refractivity contribution >= 4 is 29.1 Å². The summed E-state index contributed by atoms with van der Waals surface area (Å²) < 4.78 is 13.2. The number of allylic oxidation sites excluding steroid dienone is 1. The average molecular weight is 452 g/mol. The third-order valence-electron chi connectivity index (χ3n) is 5.46. The fourth-order valence-corrected chi connectivity index (χ4v) is 4.11. The number of carbonyl (C=O) groups excluding carboxylic acids is 1. The molecule has 3 aromatic rings. The van der Waals surface area contributed by atoms with Gasteiger partial charge in [-0.3, -0.25) is 4.79 Å². The molecule has 164 valence electrons. The van der Waals surface area contributed by atoms with E-state index in [1.54, 1.807) is 16.8 Å². The number of nitrogens with one attached hydrogen (secondary N) is 2. The number of hydrogen-bond acceptors (Lipinski definition) is 6. The number of aryl methyl sites for hydroxylation is 1. The molecule has 0 saturated carbocycles. The van der Waals surface area contributed by atoms with Crippen LogP contribution in [0.5, 0.6) is 11.5 Å². The summed E-state index contributed by atoms with van der Waals surface area (Å²) >= 11 is 6.28. The molecule has 1 atom stereocenters. The van der Waals surface area contributed by atoms with Crippen LogP contribution in [0.1, 0.15) is 31.3 Å². The van der Waals surface area contributed by atoms with Crippen LogP contribution in [0, 0.1) is 0 Å². The number of anilines is 2. The second kappa shape index (κ2) is 8.20. The third kappa shape index (κ3) is 3.56. The van der Waals surface area contributed by atoms with E-state index in [2.05, 4.69) is 20.7 Å². The largest absolute Gasteiger partial charge is 0.486 e. The first-order valence-electron chi connectivity index (χ1n) is 10.4. The third-order valence-corrected chi connectivity index (χ3v) is 5.79. The molecule has 1 aromatic heterocycles. The molecule has 0 radical (unpaired) electrons. The number of aromatic nitrogens is 3. The van der Waals surface area contributed by atoms with Gasteiger partial charge in [-0.1, -0.05) is 36.7 Å². The van der Waals surface area contributed by atoms with Crippen LogP contribution in [0.2, 0.25) is 5.02 Å². The fourth-order valence-electron chi connectivity index (χ4n) is 3.93. The van der Waals surface area contributed by atoms with Gasteiger partial charge in [0.2, 0.25) is 5.95 Å². The fraction of sp³-hybridized carbons (Fsp3) is 0.261. The van der Waals surface area contributed by atoms with Crippen LogP contribution in [0.3, 0.4) is 0 Å². The first-order valence-corrected chi connectivity index (χ1v) is 10.8. The summed E-state index contributed by atoms with van der Waals surface area (Å²) in [5.74, 6) is 2.34. The van der Waals surface area contributed by atoms with Crippen molar-refractivity contribution in [2.75, 3.05) is 23.8 Å². The number of amides is 1. The Bertz CT molecular complexity index is 1240. The predicted octanol–water partition coefficient (Wildman–Crippen LogP) is 4.19. The van der Waals surface area contributed by atoms with Crippen molar-refractivity contribution < 1.29 is 14.3 Å². The van der Waals surface area contributed by atoms with E-state index in [0.717, 1.165) is 5.56 Å². The zero-order valence-corrected chi connectivity index (χ0v) is 18.4. The number of fused-ring (bicyclic) bond motifs is 2. The Morgan fingerprint density at radius 1 is 1.22 bits per heavy atom. The highest BCUT2D eigenvalue weighted by atomic mass is 35.5. The normalized spacial score (nSPS) is 16.9. The lowest BCUT2D eigenvalue weighted by Crippen LogP contribution is -2.31.